The maximum absolute atomic E-state index is 13.2. The van der Waals surface area contributed by atoms with E-state index in [0.717, 1.165) is 16.3 Å². The van der Waals surface area contributed by atoms with Gasteiger partial charge in [-0.2, -0.15) is 4.31 Å². The minimum atomic E-state index is -4.01. The number of rotatable bonds is 9. The first kappa shape index (κ1) is 22.7. The van der Waals surface area contributed by atoms with Crippen LogP contribution in [0.4, 0.5) is 0 Å². The van der Waals surface area contributed by atoms with Crippen LogP contribution in [0.3, 0.4) is 0 Å². The van der Waals surface area contributed by atoms with E-state index in [4.69, 9.17) is 23.2 Å². The van der Waals surface area contributed by atoms with Crippen molar-refractivity contribution in [2.24, 2.45) is 0 Å². The Morgan fingerprint density at radius 2 is 1.82 bits per heavy atom. The average Bonchev–Trinajstić information content (AvgIpc) is 2.67. The lowest BCUT2D eigenvalue weighted by molar-refractivity contribution is -0.121. The van der Waals surface area contributed by atoms with Crippen molar-refractivity contribution in [3.05, 3.63) is 64.1 Å². The lowest BCUT2D eigenvalue weighted by Crippen LogP contribution is -2.44. The Labute approximate surface area is 176 Å². The number of amides is 1. The molecule has 2 aromatic rings. The fraction of sp³-hybridized carbons (Fsp3) is 0.350. The lowest BCUT2D eigenvalue weighted by atomic mass is 10.1. The summed E-state index contributed by atoms with van der Waals surface area (Å²) in [5.41, 5.74) is 0.974. The van der Waals surface area contributed by atoms with Gasteiger partial charge in [0.1, 0.15) is 4.90 Å². The van der Waals surface area contributed by atoms with Gasteiger partial charge in [-0.15, -0.1) is 0 Å². The first-order valence-electron chi connectivity index (χ1n) is 9.02. The van der Waals surface area contributed by atoms with E-state index >= 15 is 0 Å². The molecule has 1 N–H and O–H groups in total. The summed E-state index contributed by atoms with van der Waals surface area (Å²) in [4.78, 5) is 12.3. The van der Waals surface area contributed by atoms with E-state index < -0.39 is 10.0 Å². The largest absolute Gasteiger partial charge is 0.353 e. The van der Waals surface area contributed by atoms with Crippen LogP contribution >= 0.6 is 23.2 Å². The molecule has 0 heterocycles. The summed E-state index contributed by atoms with van der Waals surface area (Å²) in [6.07, 6.45) is 1.22. The van der Waals surface area contributed by atoms with Crippen LogP contribution in [0.25, 0.3) is 0 Å². The smallest absolute Gasteiger partial charge is 0.245 e. The minimum Gasteiger partial charge on any atom is -0.353 e. The third-order valence-corrected chi connectivity index (χ3v) is 6.91. The highest BCUT2D eigenvalue weighted by molar-refractivity contribution is 7.89. The number of carbonyl (C=O) groups excluding carboxylic acids is 1. The first-order chi connectivity index (χ1) is 13.2. The monoisotopic (exact) mass is 442 g/mol. The number of hydrogen-bond donors (Lipinski definition) is 1. The van der Waals surface area contributed by atoms with Gasteiger partial charge in [0.15, 0.2) is 0 Å². The Morgan fingerprint density at radius 3 is 2.46 bits per heavy atom. The van der Waals surface area contributed by atoms with Crippen LogP contribution in [0.2, 0.25) is 10.0 Å². The molecule has 0 radical (unpaired) electrons. The average molecular weight is 443 g/mol. The van der Waals surface area contributed by atoms with Crippen LogP contribution in [0, 0.1) is 0 Å². The molecular formula is C20H24Cl2N2O3S. The second-order valence-electron chi connectivity index (χ2n) is 6.53. The van der Waals surface area contributed by atoms with Gasteiger partial charge in [0.2, 0.25) is 15.9 Å². The van der Waals surface area contributed by atoms with Gasteiger partial charge in [-0.3, -0.25) is 4.79 Å². The Morgan fingerprint density at radius 1 is 1.14 bits per heavy atom. The van der Waals surface area contributed by atoms with Crippen molar-refractivity contribution in [1.82, 2.24) is 9.62 Å². The molecule has 0 aliphatic rings. The molecule has 8 heteroatoms. The Bertz CT molecular complexity index is 905. The summed E-state index contributed by atoms with van der Waals surface area (Å²) in [6, 6.07) is 13.7. The summed E-state index contributed by atoms with van der Waals surface area (Å²) < 4.78 is 27.6. The number of benzene rings is 2. The topological polar surface area (TPSA) is 66.5 Å². The van der Waals surface area contributed by atoms with Crippen LogP contribution in [0.1, 0.15) is 25.8 Å². The number of nitrogens with zero attached hydrogens (tertiary/aromatic N) is 1. The van der Waals surface area contributed by atoms with Crippen LogP contribution < -0.4 is 5.32 Å². The van der Waals surface area contributed by atoms with Gasteiger partial charge in [0, 0.05) is 17.6 Å². The lowest BCUT2D eigenvalue weighted by Gasteiger charge is -2.23. The van der Waals surface area contributed by atoms with Gasteiger partial charge in [-0.1, -0.05) is 60.5 Å². The van der Waals surface area contributed by atoms with Crippen molar-refractivity contribution < 1.29 is 13.2 Å². The van der Waals surface area contributed by atoms with Crippen molar-refractivity contribution in [2.75, 3.05) is 13.1 Å². The number of nitrogens with one attached hydrogen (secondary N) is 1. The molecule has 0 spiro atoms. The van der Waals surface area contributed by atoms with Crippen LogP contribution in [-0.2, 0) is 21.2 Å². The van der Waals surface area contributed by atoms with Crippen molar-refractivity contribution in [2.45, 2.75) is 37.6 Å². The summed E-state index contributed by atoms with van der Waals surface area (Å²) in [5, 5.41) is 3.13. The normalized spacial score (nSPS) is 12.8. The molecule has 1 atom stereocenters. The number of carbonyl (C=O) groups is 1. The van der Waals surface area contributed by atoms with Crippen molar-refractivity contribution >= 4 is 39.1 Å². The summed E-state index contributed by atoms with van der Waals surface area (Å²) in [5.74, 6) is -0.357. The zero-order chi connectivity index (χ0) is 20.7. The maximum Gasteiger partial charge on any atom is 0.245 e. The standard InChI is InChI=1S/C20H24Cl2N2O3S/c1-3-15(2)23-20(25)14-24(12-11-16-7-5-4-6-8-16)28(26,27)19-13-17(21)9-10-18(19)22/h4-10,13,15H,3,11-12,14H2,1-2H3,(H,23,25). The molecule has 28 heavy (non-hydrogen) atoms. The van der Waals surface area contributed by atoms with Crippen LogP contribution in [0.15, 0.2) is 53.4 Å². The molecule has 0 aliphatic carbocycles. The summed E-state index contributed by atoms with van der Waals surface area (Å²) in [6.45, 7) is 3.67. The van der Waals surface area contributed by atoms with Gasteiger partial charge in [-0.05, 0) is 43.5 Å². The van der Waals surface area contributed by atoms with Gasteiger partial charge >= 0.3 is 0 Å². The van der Waals surface area contributed by atoms with E-state index in [1.54, 1.807) is 0 Å². The van der Waals surface area contributed by atoms with Crippen LogP contribution in [-0.4, -0.2) is 37.8 Å². The molecule has 1 amide bonds. The zero-order valence-electron chi connectivity index (χ0n) is 15.9. The molecular weight excluding hydrogens is 419 g/mol. The molecule has 152 valence electrons. The fourth-order valence-electron chi connectivity index (χ4n) is 2.58. The van der Waals surface area contributed by atoms with E-state index in [-0.39, 0.29) is 40.0 Å². The molecule has 2 rings (SSSR count). The van der Waals surface area contributed by atoms with Crippen molar-refractivity contribution in [3.8, 4) is 0 Å². The van der Waals surface area contributed by atoms with Crippen molar-refractivity contribution in [3.63, 3.8) is 0 Å². The molecule has 1 unspecified atom stereocenters. The predicted octanol–water partition coefficient (Wildman–Crippen LogP) is 4.14. The SMILES string of the molecule is CCC(C)NC(=O)CN(CCc1ccccc1)S(=O)(=O)c1cc(Cl)ccc1Cl. The number of hydrogen-bond acceptors (Lipinski definition) is 3. The van der Waals surface area contributed by atoms with Gasteiger partial charge in [-0.25, -0.2) is 8.42 Å². The summed E-state index contributed by atoms with van der Waals surface area (Å²) >= 11 is 12.1. The quantitative estimate of drug-likeness (QED) is 0.634. The molecule has 0 aromatic heterocycles. The number of sulfonamides is 1. The van der Waals surface area contributed by atoms with E-state index in [0.29, 0.717) is 6.42 Å². The molecule has 0 saturated carbocycles. The second-order valence-corrected chi connectivity index (χ2v) is 9.28. The first-order valence-corrected chi connectivity index (χ1v) is 11.2. The Kier molecular flexibility index (Phi) is 8.31. The predicted molar refractivity (Wildman–Crippen MR) is 113 cm³/mol. The maximum atomic E-state index is 13.2. The molecule has 5 nitrogen and oxygen atoms in total. The highest BCUT2D eigenvalue weighted by Gasteiger charge is 2.29. The Hall–Kier alpha value is -1.60. The van der Waals surface area contributed by atoms with Crippen molar-refractivity contribution in [1.29, 1.82) is 0 Å². The molecule has 2 aromatic carbocycles. The van der Waals surface area contributed by atoms with E-state index in [1.165, 1.54) is 18.2 Å². The molecule has 0 bridgehead atoms. The fourth-order valence-corrected chi connectivity index (χ4v) is 4.71. The number of halogens is 2. The molecule has 0 saturated heterocycles. The minimum absolute atomic E-state index is 0.0408. The highest BCUT2D eigenvalue weighted by atomic mass is 35.5. The Balaban J connectivity index is 2.30. The second kappa shape index (κ2) is 10.3. The van der Waals surface area contributed by atoms with E-state index in [1.807, 2.05) is 44.2 Å². The highest BCUT2D eigenvalue weighted by Crippen LogP contribution is 2.28. The third-order valence-electron chi connectivity index (χ3n) is 4.34. The van der Waals surface area contributed by atoms with Gasteiger partial charge in [0.25, 0.3) is 0 Å². The summed E-state index contributed by atoms with van der Waals surface area (Å²) in [7, 11) is -4.01. The van der Waals surface area contributed by atoms with Gasteiger partial charge in [0.05, 0.1) is 11.6 Å². The third kappa shape index (κ3) is 6.21. The van der Waals surface area contributed by atoms with E-state index in [9.17, 15) is 13.2 Å². The van der Waals surface area contributed by atoms with Crippen LogP contribution in [0.5, 0.6) is 0 Å². The van der Waals surface area contributed by atoms with Gasteiger partial charge < -0.3 is 5.32 Å². The molecule has 0 aliphatic heterocycles. The zero-order valence-corrected chi connectivity index (χ0v) is 18.2. The molecule has 0 fully saturated rings. The van der Waals surface area contributed by atoms with E-state index in [2.05, 4.69) is 5.32 Å².